The van der Waals surface area contributed by atoms with Crippen molar-refractivity contribution < 1.29 is 0 Å². The zero-order chi connectivity index (χ0) is 11.5. The van der Waals surface area contributed by atoms with Gasteiger partial charge in [-0.2, -0.15) is 0 Å². The molecule has 1 nitrogen and oxygen atoms in total. The lowest BCUT2D eigenvalue weighted by Gasteiger charge is -2.11. The zero-order valence-electron chi connectivity index (χ0n) is 10.0. The van der Waals surface area contributed by atoms with E-state index in [-0.39, 0.29) is 0 Å². The lowest BCUT2D eigenvalue weighted by molar-refractivity contribution is 1.26. The molecule has 0 amide bonds. The molecule has 0 spiro atoms. The maximum atomic E-state index is 3.41. The normalized spacial score (nSPS) is 10.2. The first-order valence-electron chi connectivity index (χ1n) is 5.57. The third-order valence-electron chi connectivity index (χ3n) is 2.99. The number of anilines is 2. The average molecular weight is 211 g/mol. The molecule has 0 aliphatic carbocycles. The molecule has 0 unspecified atom stereocenters. The third kappa shape index (κ3) is 2.25. The van der Waals surface area contributed by atoms with Crippen LogP contribution in [0, 0.1) is 20.8 Å². The molecule has 0 atom stereocenters. The molecule has 0 aromatic heterocycles. The molecule has 2 rings (SSSR count). The van der Waals surface area contributed by atoms with Crippen molar-refractivity contribution in [2.24, 2.45) is 0 Å². The minimum absolute atomic E-state index is 1.13. The summed E-state index contributed by atoms with van der Waals surface area (Å²) in [6, 6.07) is 14.6. The molecular weight excluding hydrogens is 194 g/mol. The van der Waals surface area contributed by atoms with Crippen molar-refractivity contribution in [2.75, 3.05) is 5.32 Å². The Morgan fingerprint density at radius 2 is 1.31 bits per heavy atom. The van der Waals surface area contributed by atoms with Crippen LogP contribution in [0.25, 0.3) is 0 Å². The van der Waals surface area contributed by atoms with E-state index in [1.165, 1.54) is 16.7 Å². The van der Waals surface area contributed by atoms with E-state index < -0.39 is 0 Å². The standard InChI is InChI=1S/C15H17N/c1-11-9-15(10-12(2)13(11)3)16-14-7-5-4-6-8-14/h4-10,16H,1-3H3. The van der Waals surface area contributed by atoms with Gasteiger partial charge in [-0.1, -0.05) is 18.2 Å². The molecule has 2 aromatic carbocycles. The van der Waals surface area contributed by atoms with E-state index in [0.717, 1.165) is 11.4 Å². The Morgan fingerprint density at radius 3 is 1.88 bits per heavy atom. The van der Waals surface area contributed by atoms with Crippen LogP contribution in [0.3, 0.4) is 0 Å². The molecule has 0 bridgehead atoms. The summed E-state index contributed by atoms with van der Waals surface area (Å²) < 4.78 is 0. The van der Waals surface area contributed by atoms with Gasteiger partial charge < -0.3 is 5.32 Å². The second-order valence-electron chi connectivity index (χ2n) is 4.23. The minimum Gasteiger partial charge on any atom is -0.356 e. The molecule has 0 saturated carbocycles. The molecule has 2 aromatic rings. The molecule has 16 heavy (non-hydrogen) atoms. The van der Waals surface area contributed by atoms with Crippen molar-refractivity contribution in [3.63, 3.8) is 0 Å². The molecule has 0 fully saturated rings. The predicted molar refractivity (Wildman–Crippen MR) is 70.4 cm³/mol. The first-order valence-corrected chi connectivity index (χ1v) is 5.57. The molecular formula is C15H17N. The predicted octanol–water partition coefficient (Wildman–Crippen LogP) is 4.36. The summed E-state index contributed by atoms with van der Waals surface area (Å²) in [6.07, 6.45) is 0. The zero-order valence-corrected chi connectivity index (χ0v) is 10.0. The van der Waals surface area contributed by atoms with Gasteiger partial charge in [-0.25, -0.2) is 0 Å². The van der Waals surface area contributed by atoms with E-state index in [1.54, 1.807) is 0 Å². The third-order valence-corrected chi connectivity index (χ3v) is 2.99. The van der Waals surface area contributed by atoms with E-state index >= 15 is 0 Å². The Bertz CT molecular complexity index is 463. The molecule has 0 aliphatic rings. The van der Waals surface area contributed by atoms with Crippen LogP contribution in [0.5, 0.6) is 0 Å². The van der Waals surface area contributed by atoms with Crippen LogP contribution in [-0.4, -0.2) is 0 Å². The van der Waals surface area contributed by atoms with Gasteiger partial charge in [0.15, 0.2) is 0 Å². The Kier molecular flexibility index (Phi) is 2.95. The highest BCUT2D eigenvalue weighted by molar-refractivity contribution is 5.62. The van der Waals surface area contributed by atoms with E-state index in [2.05, 4.69) is 50.4 Å². The molecule has 1 heteroatoms. The lowest BCUT2D eigenvalue weighted by atomic mass is 10.0. The maximum Gasteiger partial charge on any atom is 0.0389 e. The molecule has 82 valence electrons. The Balaban J connectivity index is 2.29. The lowest BCUT2D eigenvalue weighted by Crippen LogP contribution is -1.93. The van der Waals surface area contributed by atoms with Gasteiger partial charge in [-0.3, -0.25) is 0 Å². The summed E-state index contributed by atoms with van der Waals surface area (Å²) in [5.41, 5.74) is 6.33. The summed E-state index contributed by atoms with van der Waals surface area (Å²) in [6.45, 7) is 6.47. The van der Waals surface area contributed by atoms with Crippen LogP contribution in [0.1, 0.15) is 16.7 Å². The van der Waals surface area contributed by atoms with Crippen LogP contribution in [0.2, 0.25) is 0 Å². The van der Waals surface area contributed by atoms with Crippen molar-refractivity contribution >= 4 is 11.4 Å². The van der Waals surface area contributed by atoms with Gasteiger partial charge in [-0.15, -0.1) is 0 Å². The van der Waals surface area contributed by atoms with E-state index in [0.29, 0.717) is 0 Å². The Labute approximate surface area is 97.1 Å². The fourth-order valence-electron chi connectivity index (χ4n) is 1.80. The monoisotopic (exact) mass is 211 g/mol. The van der Waals surface area contributed by atoms with E-state index in [9.17, 15) is 0 Å². The van der Waals surface area contributed by atoms with Crippen molar-refractivity contribution in [3.05, 3.63) is 59.2 Å². The second-order valence-corrected chi connectivity index (χ2v) is 4.23. The minimum atomic E-state index is 1.13. The van der Waals surface area contributed by atoms with Crippen molar-refractivity contribution in [1.82, 2.24) is 0 Å². The first kappa shape index (κ1) is 10.7. The summed E-state index contributed by atoms with van der Waals surface area (Å²) in [5, 5.41) is 3.41. The highest BCUT2D eigenvalue weighted by Crippen LogP contribution is 2.22. The van der Waals surface area contributed by atoms with Gasteiger partial charge in [0.05, 0.1) is 0 Å². The first-order chi connectivity index (χ1) is 7.66. The Morgan fingerprint density at radius 1 is 0.750 bits per heavy atom. The largest absolute Gasteiger partial charge is 0.356 e. The van der Waals surface area contributed by atoms with Crippen LogP contribution < -0.4 is 5.32 Å². The van der Waals surface area contributed by atoms with Crippen LogP contribution in [0.15, 0.2) is 42.5 Å². The van der Waals surface area contributed by atoms with E-state index in [4.69, 9.17) is 0 Å². The van der Waals surface area contributed by atoms with Gasteiger partial charge in [0.1, 0.15) is 0 Å². The quantitative estimate of drug-likeness (QED) is 0.778. The highest BCUT2D eigenvalue weighted by Gasteiger charge is 2.00. The average Bonchev–Trinajstić information content (AvgIpc) is 2.27. The summed E-state index contributed by atoms with van der Waals surface area (Å²) in [4.78, 5) is 0. The summed E-state index contributed by atoms with van der Waals surface area (Å²) >= 11 is 0. The number of aryl methyl sites for hydroxylation is 2. The van der Waals surface area contributed by atoms with Gasteiger partial charge in [0.25, 0.3) is 0 Å². The molecule has 0 radical (unpaired) electrons. The number of nitrogens with one attached hydrogen (secondary N) is 1. The number of para-hydroxylation sites is 1. The number of hydrogen-bond acceptors (Lipinski definition) is 1. The van der Waals surface area contributed by atoms with Gasteiger partial charge in [0, 0.05) is 11.4 Å². The van der Waals surface area contributed by atoms with Gasteiger partial charge >= 0.3 is 0 Å². The fraction of sp³-hybridized carbons (Fsp3) is 0.200. The topological polar surface area (TPSA) is 12.0 Å². The van der Waals surface area contributed by atoms with Gasteiger partial charge in [0.2, 0.25) is 0 Å². The smallest absolute Gasteiger partial charge is 0.0389 e. The highest BCUT2D eigenvalue weighted by atomic mass is 14.9. The fourth-order valence-corrected chi connectivity index (χ4v) is 1.80. The number of benzene rings is 2. The van der Waals surface area contributed by atoms with Crippen molar-refractivity contribution in [1.29, 1.82) is 0 Å². The van der Waals surface area contributed by atoms with Gasteiger partial charge in [-0.05, 0) is 61.7 Å². The maximum absolute atomic E-state index is 3.41. The second kappa shape index (κ2) is 4.40. The van der Waals surface area contributed by atoms with Crippen LogP contribution in [0.4, 0.5) is 11.4 Å². The van der Waals surface area contributed by atoms with Crippen LogP contribution >= 0.6 is 0 Å². The summed E-state index contributed by atoms with van der Waals surface area (Å²) in [5.74, 6) is 0. The van der Waals surface area contributed by atoms with Crippen molar-refractivity contribution in [2.45, 2.75) is 20.8 Å². The number of hydrogen-bond donors (Lipinski definition) is 1. The van der Waals surface area contributed by atoms with Crippen LogP contribution in [-0.2, 0) is 0 Å². The SMILES string of the molecule is Cc1cc(Nc2ccccc2)cc(C)c1C. The number of rotatable bonds is 2. The molecule has 1 N–H and O–H groups in total. The van der Waals surface area contributed by atoms with E-state index in [1.807, 2.05) is 18.2 Å². The molecule has 0 aliphatic heterocycles. The molecule has 0 heterocycles. The molecule has 0 saturated heterocycles. The Hall–Kier alpha value is -1.76. The summed E-state index contributed by atoms with van der Waals surface area (Å²) in [7, 11) is 0. The van der Waals surface area contributed by atoms with Crippen molar-refractivity contribution in [3.8, 4) is 0 Å².